The number of nitrogens with one attached hydrogen (secondary N) is 1. The fraction of sp³-hybridized carbons (Fsp3) is 0.176. The second-order valence-electron chi connectivity index (χ2n) is 5.27. The number of hydrogen-bond donors (Lipinski definition) is 1. The number of aromatic nitrogens is 2. The monoisotopic (exact) mass is 297 g/mol. The number of rotatable bonds is 3. The molecule has 0 saturated heterocycles. The number of hydrogen-bond acceptors (Lipinski definition) is 2. The summed E-state index contributed by atoms with van der Waals surface area (Å²) < 4.78 is 15.3. The molecule has 0 aliphatic carbocycles. The summed E-state index contributed by atoms with van der Waals surface area (Å²) in [6.45, 7) is 3.47. The third kappa shape index (κ3) is 2.57. The highest BCUT2D eigenvalue weighted by Gasteiger charge is 2.17. The van der Waals surface area contributed by atoms with E-state index in [1.165, 1.54) is 6.07 Å². The second kappa shape index (κ2) is 5.60. The van der Waals surface area contributed by atoms with Crippen molar-refractivity contribution in [2.45, 2.75) is 19.9 Å². The number of amides is 1. The van der Waals surface area contributed by atoms with Gasteiger partial charge < -0.3 is 9.88 Å². The van der Waals surface area contributed by atoms with Gasteiger partial charge in [0.15, 0.2) is 0 Å². The van der Waals surface area contributed by atoms with Crippen molar-refractivity contribution in [2.24, 2.45) is 0 Å². The van der Waals surface area contributed by atoms with E-state index in [-0.39, 0.29) is 11.7 Å². The van der Waals surface area contributed by atoms with Crippen LogP contribution >= 0.6 is 0 Å². The van der Waals surface area contributed by atoms with Crippen LogP contribution in [-0.2, 0) is 4.79 Å². The zero-order valence-electron chi connectivity index (χ0n) is 12.4. The zero-order valence-corrected chi connectivity index (χ0v) is 12.4. The van der Waals surface area contributed by atoms with Crippen molar-refractivity contribution in [2.75, 3.05) is 5.32 Å². The molecule has 1 N–H and O–H groups in total. The standard InChI is InChI=1S/C17H16FN3O/c1-11-7-8-13(9-14(11)18)20-17(22)12(2)21-10-19-15-5-3-4-6-16(15)21/h3-10,12H,1-2H3,(H,20,22). The lowest BCUT2D eigenvalue weighted by Crippen LogP contribution is -2.23. The predicted octanol–water partition coefficient (Wildman–Crippen LogP) is 3.68. The van der Waals surface area contributed by atoms with E-state index in [4.69, 9.17) is 0 Å². The molecule has 1 unspecified atom stereocenters. The van der Waals surface area contributed by atoms with Crippen LogP contribution in [0.5, 0.6) is 0 Å². The minimum absolute atomic E-state index is 0.216. The van der Waals surface area contributed by atoms with Gasteiger partial charge >= 0.3 is 0 Å². The zero-order chi connectivity index (χ0) is 15.7. The van der Waals surface area contributed by atoms with E-state index >= 15 is 0 Å². The van der Waals surface area contributed by atoms with Crippen LogP contribution in [0, 0.1) is 12.7 Å². The summed E-state index contributed by atoms with van der Waals surface area (Å²) in [5.41, 5.74) is 2.72. The highest BCUT2D eigenvalue weighted by molar-refractivity contribution is 5.94. The maximum Gasteiger partial charge on any atom is 0.247 e. The third-order valence-corrected chi connectivity index (χ3v) is 3.72. The molecular formula is C17H16FN3O. The summed E-state index contributed by atoms with van der Waals surface area (Å²) in [5.74, 6) is -0.551. The number of fused-ring (bicyclic) bond motifs is 1. The quantitative estimate of drug-likeness (QED) is 0.801. The summed E-state index contributed by atoms with van der Waals surface area (Å²) in [7, 11) is 0. The van der Waals surface area contributed by atoms with Gasteiger partial charge in [0.05, 0.1) is 17.4 Å². The van der Waals surface area contributed by atoms with Crippen molar-refractivity contribution in [3.8, 4) is 0 Å². The molecule has 1 aromatic heterocycles. The van der Waals surface area contributed by atoms with Gasteiger partial charge in [0.2, 0.25) is 5.91 Å². The lowest BCUT2D eigenvalue weighted by Gasteiger charge is -2.15. The molecule has 1 atom stereocenters. The van der Waals surface area contributed by atoms with Crippen molar-refractivity contribution < 1.29 is 9.18 Å². The van der Waals surface area contributed by atoms with Crippen molar-refractivity contribution in [1.82, 2.24) is 9.55 Å². The molecule has 4 nitrogen and oxygen atoms in total. The third-order valence-electron chi connectivity index (χ3n) is 3.72. The number of anilines is 1. The maximum atomic E-state index is 13.5. The topological polar surface area (TPSA) is 46.9 Å². The van der Waals surface area contributed by atoms with Crippen LogP contribution in [0.2, 0.25) is 0 Å². The normalized spacial score (nSPS) is 12.3. The Morgan fingerprint density at radius 3 is 2.82 bits per heavy atom. The van der Waals surface area contributed by atoms with Gasteiger partial charge in [-0.15, -0.1) is 0 Å². The Morgan fingerprint density at radius 1 is 1.27 bits per heavy atom. The number of benzene rings is 2. The molecule has 0 fully saturated rings. The predicted molar refractivity (Wildman–Crippen MR) is 84.2 cm³/mol. The molecule has 0 bridgehead atoms. The molecular weight excluding hydrogens is 281 g/mol. The van der Waals surface area contributed by atoms with Gasteiger partial charge in [-0.3, -0.25) is 4.79 Å². The number of aryl methyl sites for hydroxylation is 1. The first kappa shape index (κ1) is 14.3. The summed E-state index contributed by atoms with van der Waals surface area (Å²) in [6, 6.07) is 11.8. The van der Waals surface area contributed by atoms with Gasteiger partial charge in [0.25, 0.3) is 0 Å². The number of halogens is 1. The first-order valence-electron chi connectivity index (χ1n) is 7.05. The van der Waals surface area contributed by atoms with Crippen LogP contribution in [0.1, 0.15) is 18.5 Å². The molecule has 2 aromatic carbocycles. The van der Waals surface area contributed by atoms with Crippen LogP contribution in [0.15, 0.2) is 48.8 Å². The molecule has 1 heterocycles. The van der Waals surface area contributed by atoms with Gasteiger partial charge in [-0.2, -0.15) is 0 Å². The first-order chi connectivity index (χ1) is 10.6. The Bertz CT molecular complexity index is 841. The van der Waals surface area contributed by atoms with Gasteiger partial charge in [0, 0.05) is 5.69 Å². The van der Waals surface area contributed by atoms with E-state index in [0.29, 0.717) is 11.3 Å². The van der Waals surface area contributed by atoms with E-state index < -0.39 is 6.04 Å². The smallest absolute Gasteiger partial charge is 0.247 e. The van der Waals surface area contributed by atoms with Gasteiger partial charge in [-0.1, -0.05) is 18.2 Å². The van der Waals surface area contributed by atoms with Crippen molar-refractivity contribution in [1.29, 1.82) is 0 Å². The van der Waals surface area contributed by atoms with Gasteiger partial charge in [0.1, 0.15) is 11.9 Å². The first-order valence-corrected chi connectivity index (χ1v) is 7.05. The molecule has 112 valence electrons. The van der Waals surface area contributed by atoms with Crippen molar-refractivity contribution in [3.63, 3.8) is 0 Å². The highest BCUT2D eigenvalue weighted by atomic mass is 19.1. The highest BCUT2D eigenvalue weighted by Crippen LogP contribution is 2.20. The molecule has 0 saturated carbocycles. The summed E-state index contributed by atoms with van der Waals surface area (Å²) in [5, 5.41) is 2.74. The molecule has 22 heavy (non-hydrogen) atoms. The molecule has 1 amide bonds. The Balaban J connectivity index is 1.83. The van der Waals surface area contributed by atoms with E-state index in [9.17, 15) is 9.18 Å². The molecule has 3 rings (SSSR count). The van der Waals surface area contributed by atoms with E-state index in [1.54, 1.807) is 36.9 Å². The average molecular weight is 297 g/mol. The van der Waals surface area contributed by atoms with E-state index in [1.807, 2.05) is 24.3 Å². The number of para-hydroxylation sites is 2. The fourth-order valence-corrected chi connectivity index (χ4v) is 2.33. The average Bonchev–Trinajstić information content (AvgIpc) is 2.94. The van der Waals surface area contributed by atoms with Gasteiger partial charge in [-0.05, 0) is 43.7 Å². The second-order valence-corrected chi connectivity index (χ2v) is 5.27. The Morgan fingerprint density at radius 2 is 2.05 bits per heavy atom. The summed E-state index contributed by atoms with van der Waals surface area (Å²) in [6.07, 6.45) is 1.64. The molecule has 3 aromatic rings. The van der Waals surface area contributed by atoms with Crippen LogP contribution in [-0.4, -0.2) is 15.5 Å². The van der Waals surface area contributed by atoms with Gasteiger partial charge in [-0.25, -0.2) is 9.37 Å². The maximum absolute atomic E-state index is 13.5. The lowest BCUT2D eigenvalue weighted by molar-refractivity contribution is -0.118. The van der Waals surface area contributed by atoms with Crippen LogP contribution in [0.3, 0.4) is 0 Å². The summed E-state index contributed by atoms with van der Waals surface area (Å²) in [4.78, 5) is 16.6. The van der Waals surface area contributed by atoms with E-state index in [0.717, 1.165) is 11.0 Å². The number of carbonyl (C=O) groups excluding carboxylic acids is 1. The minimum Gasteiger partial charge on any atom is -0.324 e. The van der Waals surface area contributed by atoms with Crippen molar-refractivity contribution >= 4 is 22.6 Å². The largest absolute Gasteiger partial charge is 0.324 e. The van der Waals surface area contributed by atoms with Crippen LogP contribution in [0.25, 0.3) is 11.0 Å². The Hall–Kier alpha value is -2.69. The minimum atomic E-state index is -0.447. The fourth-order valence-electron chi connectivity index (χ4n) is 2.33. The molecule has 5 heteroatoms. The number of carbonyl (C=O) groups is 1. The summed E-state index contributed by atoms with van der Waals surface area (Å²) >= 11 is 0. The lowest BCUT2D eigenvalue weighted by atomic mass is 10.2. The van der Waals surface area contributed by atoms with Crippen LogP contribution < -0.4 is 5.32 Å². The SMILES string of the molecule is Cc1ccc(NC(=O)C(C)n2cnc3ccccc32)cc1F. The van der Waals surface area contributed by atoms with E-state index in [2.05, 4.69) is 10.3 Å². The number of imidazole rings is 1. The molecule has 0 spiro atoms. The molecule has 0 radical (unpaired) electrons. The number of nitrogens with zero attached hydrogens (tertiary/aromatic N) is 2. The Labute approximate surface area is 127 Å². The molecule has 0 aliphatic heterocycles. The Kier molecular flexibility index (Phi) is 3.63. The van der Waals surface area contributed by atoms with Crippen molar-refractivity contribution in [3.05, 3.63) is 60.2 Å². The molecule has 0 aliphatic rings. The van der Waals surface area contributed by atoms with Crippen LogP contribution in [0.4, 0.5) is 10.1 Å².